The Morgan fingerprint density at radius 3 is 2.59 bits per heavy atom. The van der Waals surface area contributed by atoms with Crippen molar-refractivity contribution in [2.24, 2.45) is 0 Å². The second-order valence-electron chi connectivity index (χ2n) is 8.18. The van der Waals surface area contributed by atoms with Crippen molar-refractivity contribution in [2.45, 2.75) is 20.4 Å². The highest BCUT2D eigenvalue weighted by atomic mass is 16.1. The highest BCUT2D eigenvalue weighted by molar-refractivity contribution is 6.01. The van der Waals surface area contributed by atoms with Crippen LogP contribution < -0.4 is 20.9 Å². The van der Waals surface area contributed by atoms with Crippen LogP contribution in [0.3, 0.4) is 0 Å². The number of anilines is 5. The molecular weight excluding hydrogens is 430 g/mol. The van der Waals surface area contributed by atoms with E-state index in [4.69, 9.17) is 0 Å². The van der Waals surface area contributed by atoms with E-state index in [1.807, 2.05) is 55.9 Å². The number of amides is 1. The van der Waals surface area contributed by atoms with Gasteiger partial charge in [-0.3, -0.25) is 4.79 Å². The second-order valence-corrected chi connectivity index (χ2v) is 8.18. The second kappa shape index (κ2) is 8.47. The Labute approximate surface area is 197 Å². The number of fused-ring (bicyclic) bond motifs is 3. The van der Waals surface area contributed by atoms with Gasteiger partial charge in [0.15, 0.2) is 5.82 Å². The van der Waals surface area contributed by atoms with E-state index >= 15 is 0 Å². The number of para-hydroxylation sites is 1. The molecule has 34 heavy (non-hydrogen) atoms. The average Bonchev–Trinajstić information content (AvgIpc) is 3.20. The van der Waals surface area contributed by atoms with Crippen molar-refractivity contribution in [3.05, 3.63) is 71.6 Å². The fourth-order valence-corrected chi connectivity index (χ4v) is 4.01. The van der Waals surface area contributed by atoms with Gasteiger partial charge in [0.1, 0.15) is 17.5 Å². The normalized spacial score (nSPS) is 12.1. The maximum atomic E-state index is 12.6. The zero-order valence-corrected chi connectivity index (χ0v) is 19.4. The van der Waals surface area contributed by atoms with Crippen LogP contribution in [0.4, 0.5) is 28.7 Å². The topological polar surface area (TPSA) is 113 Å². The van der Waals surface area contributed by atoms with Gasteiger partial charge >= 0.3 is 0 Å². The maximum absolute atomic E-state index is 12.6. The van der Waals surface area contributed by atoms with Gasteiger partial charge in [-0.05, 0) is 37.6 Å². The molecule has 5 rings (SSSR count). The third-order valence-electron chi connectivity index (χ3n) is 5.60. The van der Waals surface area contributed by atoms with Gasteiger partial charge in [-0.15, -0.1) is 0 Å². The van der Waals surface area contributed by atoms with Crippen LogP contribution in [-0.2, 0) is 6.54 Å². The standard InChI is InChI=1S/C24H25N9O/c1-14-8-9-20(26-11-14)30-21-10-18(16(12-27-21)24(34)25-3)29-17-6-5-7-19-23(17)32(4)13-22-28-15(2)31-33(19)22/h5-12H,13H2,1-4H3,(H,25,34)(H2,26,27,29,30). The van der Waals surface area contributed by atoms with Gasteiger partial charge < -0.3 is 20.9 Å². The van der Waals surface area contributed by atoms with Crippen molar-refractivity contribution < 1.29 is 4.79 Å². The zero-order chi connectivity index (χ0) is 23.8. The Balaban J connectivity index is 1.55. The predicted octanol–water partition coefficient (Wildman–Crippen LogP) is 3.47. The molecule has 10 nitrogen and oxygen atoms in total. The van der Waals surface area contributed by atoms with E-state index in [-0.39, 0.29) is 5.91 Å². The molecule has 1 amide bonds. The summed E-state index contributed by atoms with van der Waals surface area (Å²) in [5.41, 5.74) is 4.85. The van der Waals surface area contributed by atoms with Gasteiger partial charge in [-0.25, -0.2) is 19.6 Å². The van der Waals surface area contributed by atoms with Crippen molar-refractivity contribution >= 4 is 34.6 Å². The smallest absolute Gasteiger partial charge is 0.254 e. The number of pyridine rings is 2. The number of carbonyl (C=O) groups excluding carboxylic acids is 1. The summed E-state index contributed by atoms with van der Waals surface area (Å²) in [5, 5.41) is 13.9. The Kier molecular flexibility index (Phi) is 5.33. The van der Waals surface area contributed by atoms with E-state index in [0.717, 1.165) is 34.3 Å². The lowest BCUT2D eigenvalue weighted by Crippen LogP contribution is -2.27. The number of benzene rings is 1. The van der Waals surface area contributed by atoms with Gasteiger partial charge in [0.05, 0.1) is 34.9 Å². The molecule has 3 N–H and O–H groups in total. The monoisotopic (exact) mass is 455 g/mol. The minimum absolute atomic E-state index is 0.234. The lowest BCUT2D eigenvalue weighted by molar-refractivity contribution is 0.0963. The molecule has 4 aromatic rings. The molecule has 0 saturated carbocycles. The van der Waals surface area contributed by atoms with Crippen molar-refractivity contribution in [1.29, 1.82) is 0 Å². The minimum atomic E-state index is -0.234. The number of hydrogen-bond acceptors (Lipinski definition) is 8. The lowest BCUT2D eigenvalue weighted by atomic mass is 10.1. The Hall–Kier alpha value is -4.47. The van der Waals surface area contributed by atoms with Crippen LogP contribution in [0.15, 0.2) is 48.8 Å². The van der Waals surface area contributed by atoms with E-state index in [1.165, 1.54) is 0 Å². The summed E-state index contributed by atoms with van der Waals surface area (Å²) < 4.78 is 1.87. The molecule has 0 fully saturated rings. The molecule has 1 aliphatic rings. The molecule has 0 atom stereocenters. The third-order valence-corrected chi connectivity index (χ3v) is 5.60. The van der Waals surface area contributed by atoms with Gasteiger partial charge in [-0.1, -0.05) is 12.1 Å². The predicted molar refractivity (Wildman–Crippen MR) is 131 cm³/mol. The third kappa shape index (κ3) is 3.90. The number of aromatic nitrogens is 5. The Morgan fingerprint density at radius 1 is 1.00 bits per heavy atom. The SMILES string of the molecule is CNC(=O)c1cnc(Nc2ccc(C)cn2)cc1Nc1cccc2c1N(C)Cc1nc(C)nn1-2. The molecular formula is C24H25N9O. The molecule has 1 aromatic carbocycles. The number of nitrogens with zero attached hydrogens (tertiary/aromatic N) is 6. The summed E-state index contributed by atoms with van der Waals surface area (Å²) in [7, 11) is 3.61. The minimum Gasteiger partial charge on any atom is -0.364 e. The number of carbonyl (C=O) groups is 1. The van der Waals surface area contributed by atoms with Gasteiger partial charge in [0, 0.05) is 32.6 Å². The van der Waals surface area contributed by atoms with Crippen LogP contribution in [0.5, 0.6) is 0 Å². The molecule has 0 spiro atoms. The largest absolute Gasteiger partial charge is 0.364 e. The molecule has 0 unspecified atom stereocenters. The van der Waals surface area contributed by atoms with Crippen LogP contribution in [0.25, 0.3) is 5.69 Å². The molecule has 4 heterocycles. The van der Waals surface area contributed by atoms with E-state index in [0.29, 0.717) is 29.4 Å². The van der Waals surface area contributed by atoms with Crippen molar-refractivity contribution in [3.8, 4) is 5.69 Å². The average molecular weight is 456 g/mol. The van der Waals surface area contributed by atoms with E-state index in [1.54, 1.807) is 25.5 Å². The fraction of sp³-hybridized carbons (Fsp3) is 0.208. The molecule has 0 radical (unpaired) electrons. The summed E-state index contributed by atoms with van der Waals surface area (Å²) in [6, 6.07) is 11.6. The van der Waals surface area contributed by atoms with Crippen LogP contribution in [-0.4, -0.2) is 44.7 Å². The van der Waals surface area contributed by atoms with Crippen LogP contribution in [0, 0.1) is 13.8 Å². The molecule has 0 aliphatic carbocycles. The number of nitrogens with one attached hydrogen (secondary N) is 3. The molecule has 0 saturated heterocycles. The molecule has 0 bridgehead atoms. The van der Waals surface area contributed by atoms with E-state index < -0.39 is 0 Å². The summed E-state index contributed by atoms with van der Waals surface area (Å²) in [6.07, 6.45) is 3.34. The van der Waals surface area contributed by atoms with Gasteiger partial charge in [0.2, 0.25) is 0 Å². The Morgan fingerprint density at radius 2 is 1.82 bits per heavy atom. The first kappa shape index (κ1) is 21.4. The van der Waals surface area contributed by atoms with Crippen molar-refractivity contribution in [3.63, 3.8) is 0 Å². The molecule has 3 aromatic heterocycles. The fourth-order valence-electron chi connectivity index (χ4n) is 4.01. The van der Waals surface area contributed by atoms with Crippen LogP contribution >= 0.6 is 0 Å². The maximum Gasteiger partial charge on any atom is 0.254 e. The summed E-state index contributed by atoms with van der Waals surface area (Å²) in [5.74, 6) is 2.62. The van der Waals surface area contributed by atoms with Gasteiger partial charge in [0.25, 0.3) is 5.91 Å². The zero-order valence-electron chi connectivity index (χ0n) is 19.4. The first-order chi connectivity index (χ1) is 16.4. The Bertz CT molecular complexity index is 1380. The molecule has 172 valence electrons. The van der Waals surface area contributed by atoms with Crippen LogP contribution in [0.1, 0.15) is 27.6 Å². The first-order valence-electron chi connectivity index (χ1n) is 10.9. The van der Waals surface area contributed by atoms with Crippen molar-refractivity contribution in [1.82, 2.24) is 30.0 Å². The molecule has 1 aliphatic heterocycles. The first-order valence-corrected chi connectivity index (χ1v) is 10.9. The van der Waals surface area contributed by atoms with Gasteiger partial charge in [-0.2, -0.15) is 5.10 Å². The van der Waals surface area contributed by atoms with Crippen LogP contribution in [0.2, 0.25) is 0 Å². The number of rotatable bonds is 5. The number of aryl methyl sites for hydroxylation is 2. The summed E-state index contributed by atoms with van der Waals surface area (Å²) in [4.78, 5) is 28.0. The summed E-state index contributed by atoms with van der Waals surface area (Å²) >= 11 is 0. The van der Waals surface area contributed by atoms with Crippen molar-refractivity contribution in [2.75, 3.05) is 29.6 Å². The quantitative estimate of drug-likeness (QED) is 0.419. The molecule has 10 heteroatoms. The highest BCUT2D eigenvalue weighted by Gasteiger charge is 2.25. The van der Waals surface area contributed by atoms with E-state index in [9.17, 15) is 4.79 Å². The lowest BCUT2D eigenvalue weighted by Gasteiger charge is -2.30. The highest BCUT2D eigenvalue weighted by Crippen LogP contribution is 2.38. The number of hydrogen-bond donors (Lipinski definition) is 3. The van der Waals surface area contributed by atoms with E-state index in [2.05, 4.69) is 40.9 Å². The summed E-state index contributed by atoms with van der Waals surface area (Å²) in [6.45, 7) is 4.49.